The van der Waals surface area contributed by atoms with Gasteiger partial charge in [-0.15, -0.1) is 0 Å². The quantitative estimate of drug-likeness (QED) is 0.683. The van der Waals surface area contributed by atoms with Gasteiger partial charge in [0.15, 0.2) is 0 Å². The first-order chi connectivity index (χ1) is 5.70. The monoisotopic (exact) mass is 167 g/mol. The van der Waals surface area contributed by atoms with Crippen LogP contribution in [0.2, 0.25) is 0 Å². The molecule has 0 aliphatic rings. The summed E-state index contributed by atoms with van der Waals surface area (Å²) in [4.78, 5) is 3.85. The molecule has 0 spiro atoms. The zero-order valence-corrected chi connectivity index (χ0v) is 7.01. The predicted octanol–water partition coefficient (Wildman–Crippen LogP) is 0.366. The summed E-state index contributed by atoms with van der Waals surface area (Å²) in [5.74, 6) is 0. The molecule has 2 unspecified atom stereocenters. The molecule has 0 aliphatic carbocycles. The molecule has 0 aliphatic heterocycles. The first-order valence-corrected chi connectivity index (χ1v) is 3.95. The molecule has 0 saturated heterocycles. The zero-order valence-electron chi connectivity index (χ0n) is 7.01. The minimum atomic E-state index is -0.688. The van der Waals surface area contributed by atoms with Crippen molar-refractivity contribution in [1.29, 1.82) is 0 Å². The van der Waals surface area contributed by atoms with Gasteiger partial charge in [0.25, 0.3) is 0 Å². The van der Waals surface area contributed by atoms with Crippen molar-refractivity contribution in [3.63, 3.8) is 0 Å². The van der Waals surface area contributed by atoms with E-state index in [1.165, 1.54) is 0 Å². The minimum absolute atomic E-state index is 0.472. The van der Waals surface area contributed by atoms with Gasteiger partial charge in [0, 0.05) is 18.8 Å². The predicted molar refractivity (Wildman–Crippen MR) is 45.6 cm³/mol. The van der Waals surface area contributed by atoms with Crippen molar-refractivity contribution >= 4 is 0 Å². The molecule has 1 rings (SSSR count). The number of aliphatic hydroxyl groups is 2. The van der Waals surface area contributed by atoms with Crippen molar-refractivity contribution in [2.45, 2.75) is 25.6 Å². The summed E-state index contributed by atoms with van der Waals surface area (Å²) in [6.45, 7) is 1.58. The first kappa shape index (κ1) is 9.16. The number of aliphatic hydroxyl groups excluding tert-OH is 2. The van der Waals surface area contributed by atoms with E-state index >= 15 is 0 Å². The fourth-order valence-electron chi connectivity index (χ4n) is 0.931. The Hall–Kier alpha value is -0.930. The highest BCUT2D eigenvalue weighted by Gasteiger charge is 2.10. The van der Waals surface area contributed by atoms with Gasteiger partial charge in [-0.2, -0.15) is 0 Å². The van der Waals surface area contributed by atoms with Gasteiger partial charge >= 0.3 is 0 Å². The molecule has 12 heavy (non-hydrogen) atoms. The molecule has 0 saturated carbocycles. The van der Waals surface area contributed by atoms with E-state index in [0.717, 1.165) is 5.56 Å². The summed E-state index contributed by atoms with van der Waals surface area (Å²) in [7, 11) is 0. The van der Waals surface area contributed by atoms with Crippen molar-refractivity contribution in [2.75, 3.05) is 0 Å². The summed E-state index contributed by atoms with van der Waals surface area (Å²) >= 11 is 0. The third-order valence-corrected chi connectivity index (χ3v) is 1.75. The summed E-state index contributed by atoms with van der Waals surface area (Å²) < 4.78 is 0. The molecule has 1 heterocycles. The van der Waals surface area contributed by atoms with Gasteiger partial charge < -0.3 is 10.2 Å². The number of hydrogen-bond acceptors (Lipinski definition) is 3. The fraction of sp³-hybridized carbons (Fsp3) is 0.444. The van der Waals surface area contributed by atoms with Crippen LogP contribution in [0.5, 0.6) is 0 Å². The van der Waals surface area contributed by atoms with E-state index in [1.807, 2.05) is 12.1 Å². The molecule has 0 amide bonds. The normalized spacial score (nSPS) is 15.6. The molecule has 1 aromatic rings. The summed E-state index contributed by atoms with van der Waals surface area (Å²) in [6, 6.07) is 3.65. The van der Waals surface area contributed by atoms with Crippen LogP contribution in [0.3, 0.4) is 0 Å². The number of aromatic nitrogens is 1. The maximum atomic E-state index is 9.31. The summed E-state index contributed by atoms with van der Waals surface area (Å²) in [5.41, 5.74) is 0.985. The van der Waals surface area contributed by atoms with Crippen molar-refractivity contribution in [3.8, 4) is 0 Å². The lowest BCUT2D eigenvalue weighted by molar-refractivity contribution is 0.0319. The van der Waals surface area contributed by atoms with E-state index in [0.29, 0.717) is 6.42 Å². The zero-order chi connectivity index (χ0) is 8.97. The average molecular weight is 167 g/mol. The summed E-state index contributed by atoms with van der Waals surface area (Å²) in [6.07, 6.45) is 2.44. The molecule has 3 nitrogen and oxygen atoms in total. The molecule has 0 fully saturated rings. The molecule has 0 aromatic carbocycles. The topological polar surface area (TPSA) is 53.4 Å². The van der Waals surface area contributed by atoms with Gasteiger partial charge in [0.1, 0.15) is 0 Å². The SMILES string of the molecule is CC(O)C(O)Cc1ccncc1. The van der Waals surface area contributed by atoms with Gasteiger partial charge in [0.2, 0.25) is 0 Å². The van der Waals surface area contributed by atoms with E-state index in [9.17, 15) is 5.11 Å². The molecule has 2 atom stereocenters. The minimum Gasteiger partial charge on any atom is -0.391 e. The number of rotatable bonds is 3. The standard InChI is InChI=1S/C9H13NO2/c1-7(11)9(12)6-8-2-4-10-5-3-8/h2-5,7,9,11-12H,6H2,1H3. The second kappa shape index (κ2) is 4.18. The molecular weight excluding hydrogens is 154 g/mol. The lowest BCUT2D eigenvalue weighted by Gasteiger charge is -2.12. The van der Waals surface area contributed by atoms with Crippen LogP contribution in [0.1, 0.15) is 12.5 Å². The highest BCUT2D eigenvalue weighted by molar-refractivity contribution is 5.10. The fourth-order valence-corrected chi connectivity index (χ4v) is 0.931. The average Bonchev–Trinajstić information content (AvgIpc) is 2.06. The highest BCUT2D eigenvalue weighted by Crippen LogP contribution is 2.04. The van der Waals surface area contributed by atoms with Gasteiger partial charge in [-0.25, -0.2) is 0 Å². The van der Waals surface area contributed by atoms with E-state index < -0.39 is 12.2 Å². The second-order valence-electron chi connectivity index (χ2n) is 2.87. The van der Waals surface area contributed by atoms with E-state index in [4.69, 9.17) is 5.11 Å². The smallest absolute Gasteiger partial charge is 0.0836 e. The van der Waals surface area contributed by atoms with Crippen molar-refractivity contribution in [2.24, 2.45) is 0 Å². The molecule has 0 bridgehead atoms. The van der Waals surface area contributed by atoms with Gasteiger partial charge in [-0.05, 0) is 24.6 Å². The maximum absolute atomic E-state index is 9.31. The van der Waals surface area contributed by atoms with Gasteiger partial charge in [0.05, 0.1) is 12.2 Å². The highest BCUT2D eigenvalue weighted by atomic mass is 16.3. The van der Waals surface area contributed by atoms with E-state index in [1.54, 1.807) is 19.3 Å². The molecule has 66 valence electrons. The van der Waals surface area contributed by atoms with Crippen LogP contribution in [0.25, 0.3) is 0 Å². The van der Waals surface area contributed by atoms with Crippen LogP contribution < -0.4 is 0 Å². The van der Waals surface area contributed by atoms with Crippen molar-refractivity contribution in [3.05, 3.63) is 30.1 Å². The lowest BCUT2D eigenvalue weighted by atomic mass is 10.1. The largest absolute Gasteiger partial charge is 0.391 e. The Balaban J connectivity index is 2.53. The van der Waals surface area contributed by atoms with E-state index in [-0.39, 0.29) is 0 Å². The Kier molecular flexibility index (Phi) is 3.19. The van der Waals surface area contributed by atoms with Crippen LogP contribution in [-0.4, -0.2) is 27.4 Å². The molecular formula is C9H13NO2. The number of hydrogen-bond donors (Lipinski definition) is 2. The summed E-state index contributed by atoms with van der Waals surface area (Å²) in [5, 5.41) is 18.3. The lowest BCUT2D eigenvalue weighted by Crippen LogP contribution is -2.24. The Labute approximate surface area is 71.7 Å². The van der Waals surface area contributed by atoms with Crippen LogP contribution in [-0.2, 0) is 6.42 Å². The first-order valence-electron chi connectivity index (χ1n) is 3.95. The molecule has 0 radical (unpaired) electrons. The Bertz CT molecular complexity index is 223. The Morgan fingerprint density at radius 1 is 1.33 bits per heavy atom. The van der Waals surface area contributed by atoms with Gasteiger partial charge in [-0.1, -0.05) is 0 Å². The Morgan fingerprint density at radius 3 is 2.42 bits per heavy atom. The van der Waals surface area contributed by atoms with Gasteiger partial charge in [-0.3, -0.25) is 4.98 Å². The van der Waals surface area contributed by atoms with E-state index in [2.05, 4.69) is 4.98 Å². The molecule has 3 heteroatoms. The third-order valence-electron chi connectivity index (χ3n) is 1.75. The van der Waals surface area contributed by atoms with Crippen LogP contribution in [0, 0.1) is 0 Å². The molecule has 2 N–H and O–H groups in total. The van der Waals surface area contributed by atoms with Crippen molar-refractivity contribution in [1.82, 2.24) is 4.98 Å². The second-order valence-corrected chi connectivity index (χ2v) is 2.87. The Morgan fingerprint density at radius 2 is 1.92 bits per heavy atom. The molecule has 1 aromatic heterocycles. The van der Waals surface area contributed by atoms with Crippen LogP contribution >= 0.6 is 0 Å². The number of nitrogens with zero attached hydrogens (tertiary/aromatic N) is 1. The maximum Gasteiger partial charge on any atom is 0.0836 e. The third kappa shape index (κ3) is 2.60. The van der Waals surface area contributed by atoms with Crippen LogP contribution in [0.4, 0.5) is 0 Å². The van der Waals surface area contributed by atoms with Crippen LogP contribution in [0.15, 0.2) is 24.5 Å². The van der Waals surface area contributed by atoms with Crippen molar-refractivity contribution < 1.29 is 10.2 Å². The number of pyridine rings is 1.